The van der Waals surface area contributed by atoms with E-state index in [0.29, 0.717) is 6.54 Å². The predicted molar refractivity (Wildman–Crippen MR) is 64.8 cm³/mol. The van der Waals surface area contributed by atoms with Crippen LogP contribution < -0.4 is 10.6 Å². The Labute approximate surface area is 101 Å². The number of nitrogens with zero attached hydrogens (tertiary/aromatic N) is 1. The van der Waals surface area contributed by atoms with Crippen molar-refractivity contribution in [2.24, 2.45) is 0 Å². The second-order valence-electron chi connectivity index (χ2n) is 4.23. The molecule has 94 valence electrons. The highest BCUT2D eigenvalue weighted by Crippen LogP contribution is 2.12. The van der Waals surface area contributed by atoms with Crippen LogP contribution in [0.4, 0.5) is 4.79 Å². The van der Waals surface area contributed by atoms with Gasteiger partial charge in [-0.05, 0) is 13.8 Å². The van der Waals surface area contributed by atoms with Crippen LogP contribution >= 0.6 is 0 Å². The minimum Gasteiger partial charge on any atom is -0.354 e. The molecule has 1 aliphatic rings. The molecule has 1 atom stereocenters. The van der Waals surface area contributed by atoms with Gasteiger partial charge in [0.15, 0.2) is 0 Å². The minimum atomic E-state index is -0.515. The van der Waals surface area contributed by atoms with Crippen molar-refractivity contribution in [2.45, 2.75) is 32.4 Å². The summed E-state index contributed by atoms with van der Waals surface area (Å²) in [6.45, 7) is 7.61. The lowest BCUT2D eigenvalue weighted by Crippen LogP contribution is -2.41. The summed E-state index contributed by atoms with van der Waals surface area (Å²) in [6.07, 6.45) is 1.68. The molecule has 6 nitrogen and oxygen atoms in total. The first-order valence-corrected chi connectivity index (χ1v) is 5.52. The molecule has 0 aromatic carbocycles. The summed E-state index contributed by atoms with van der Waals surface area (Å²) in [5.41, 5.74) is 0. The molecule has 0 spiro atoms. The van der Waals surface area contributed by atoms with Gasteiger partial charge in [-0.2, -0.15) is 0 Å². The van der Waals surface area contributed by atoms with Crippen LogP contribution in [-0.2, 0) is 4.79 Å². The lowest BCUT2D eigenvalue weighted by atomic mass is 10.1. The molecular formula is C11H18N4O2. The molecule has 0 bridgehead atoms. The van der Waals surface area contributed by atoms with Crippen molar-refractivity contribution in [1.29, 1.82) is 5.41 Å². The number of carbonyl (C=O) groups is 2. The summed E-state index contributed by atoms with van der Waals surface area (Å²) < 4.78 is 0. The van der Waals surface area contributed by atoms with E-state index in [9.17, 15) is 9.59 Å². The molecule has 1 aliphatic heterocycles. The van der Waals surface area contributed by atoms with Crippen molar-refractivity contribution in [3.63, 3.8) is 0 Å². The van der Waals surface area contributed by atoms with Crippen LogP contribution in [0.15, 0.2) is 12.7 Å². The number of amidine groups is 1. The molecule has 3 amide bonds. The molecule has 1 fully saturated rings. The van der Waals surface area contributed by atoms with Crippen molar-refractivity contribution >= 4 is 17.8 Å². The summed E-state index contributed by atoms with van der Waals surface area (Å²) in [6, 6.07) is -0.814. The second-order valence-corrected chi connectivity index (χ2v) is 4.23. The van der Waals surface area contributed by atoms with E-state index in [4.69, 9.17) is 5.41 Å². The summed E-state index contributed by atoms with van der Waals surface area (Å²) in [4.78, 5) is 24.5. The van der Waals surface area contributed by atoms with Crippen LogP contribution in [0, 0.1) is 5.41 Å². The molecule has 17 heavy (non-hydrogen) atoms. The van der Waals surface area contributed by atoms with Crippen molar-refractivity contribution in [3.8, 4) is 0 Å². The Morgan fingerprint density at radius 3 is 2.88 bits per heavy atom. The van der Waals surface area contributed by atoms with Gasteiger partial charge in [-0.3, -0.25) is 15.5 Å². The molecule has 0 radical (unpaired) electrons. The number of carbonyl (C=O) groups excluding carboxylic acids is 2. The Morgan fingerprint density at radius 2 is 2.35 bits per heavy atom. The molecule has 0 aromatic heterocycles. The Bertz CT molecular complexity index is 351. The normalized spacial score (nSPS) is 19.5. The number of urea groups is 1. The number of nitrogens with one attached hydrogen (secondary N) is 3. The third-order valence-corrected chi connectivity index (χ3v) is 2.37. The first-order chi connectivity index (χ1) is 7.95. The molecule has 1 rings (SSSR count). The van der Waals surface area contributed by atoms with E-state index in [-0.39, 0.29) is 30.2 Å². The number of hydrogen-bond donors (Lipinski definition) is 3. The maximum Gasteiger partial charge on any atom is 0.323 e. The quantitative estimate of drug-likeness (QED) is 0.608. The van der Waals surface area contributed by atoms with E-state index in [1.54, 1.807) is 6.08 Å². The lowest BCUT2D eigenvalue weighted by molar-refractivity contribution is -0.122. The van der Waals surface area contributed by atoms with Gasteiger partial charge in [0.1, 0.15) is 11.9 Å². The fourth-order valence-corrected chi connectivity index (χ4v) is 1.69. The Morgan fingerprint density at radius 1 is 1.71 bits per heavy atom. The van der Waals surface area contributed by atoms with Gasteiger partial charge in [0.05, 0.1) is 6.42 Å². The molecule has 0 aromatic rings. The van der Waals surface area contributed by atoms with E-state index in [1.807, 2.05) is 13.8 Å². The van der Waals surface area contributed by atoms with Crippen LogP contribution in [0.2, 0.25) is 0 Å². The summed E-state index contributed by atoms with van der Waals surface area (Å²) in [5, 5.41) is 12.8. The van der Waals surface area contributed by atoms with Gasteiger partial charge in [0, 0.05) is 12.6 Å². The maximum atomic E-state index is 11.6. The standard InChI is InChI=1S/C11H18N4O2/c1-4-5-15-8(10(12)14-11(15)17)6-9(16)13-7(2)3/h4,7-8H,1,5-6H2,2-3H3,(H,13,16)(H2,12,14,17). The number of amides is 3. The van der Waals surface area contributed by atoms with Gasteiger partial charge in [-0.1, -0.05) is 6.08 Å². The van der Waals surface area contributed by atoms with E-state index in [1.165, 1.54) is 4.90 Å². The zero-order valence-electron chi connectivity index (χ0n) is 10.1. The minimum absolute atomic E-state index is 0.0506. The van der Waals surface area contributed by atoms with Gasteiger partial charge >= 0.3 is 6.03 Å². The smallest absolute Gasteiger partial charge is 0.323 e. The topological polar surface area (TPSA) is 85.3 Å². The third kappa shape index (κ3) is 3.30. The Hall–Kier alpha value is -1.85. The lowest BCUT2D eigenvalue weighted by Gasteiger charge is -2.21. The van der Waals surface area contributed by atoms with Gasteiger partial charge in [-0.25, -0.2) is 4.79 Å². The average molecular weight is 238 g/mol. The molecule has 1 unspecified atom stereocenters. The van der Waals surface area contributed by atoms with Crippen LogP contribution in [0.3, 0.4) is 0 Å². The van der Waals surface area contributed by atoms with Crippen LogP contribution in [0.5, 0.6) is 0 Å². The molecule has 0 aliphatic carbocycles. The molecular weight excluding hydrogens is 220 g/mol. The van der Waals surface area contributed by atoms with E-state index < -0.39 is 6.04 Å². The zero-order chi connectivity index (χ0) is 13.0. The van der Waals surface area contributed by atoms with Gasteiger partial charge < -0.3 is 10.2 Å². The fourth-order valence-electron chi connectivity index (χ4n) is 1.69. The number of rotatable bonds is 5. The molecule has 3 N–H and O–H groups in total. The predicted octanol–water partition coefficient (Wildman–Crippen LogP) is 0.458. The van der Waals surface area contributed by atoms with E-state index >= 15 is 0 Å². The first kappa shape index (κ1) is 13.2. The summed E-state index contributed by atoms with van der Waals surface area (Å²) >= 11 is 0. The van der Waals surface area contributed by atoms with Crippen LogP contribution in [-0.4, -0.2) is 41.3 Å². The van der Waals surface area contributed by atoms with Crippen molar-refractivity contribution < 1.29 is 9.59 Å². The monoisotopic (exact) mass is 238 g/mol. The molecule has 0 saturated carbocycles. The fraction of sp³-hybridized carbons (Fsp3) is 0.545. The highest BCUT2D eigenvalue weighted by atomic mass is 16.2. The maximum absolute atomic E-state index is 11.6. The Balaban J connectivity index is 2.66. The zero-order valence-corrected chi connectivity index (χ0v) is 10.1. The highest BCUT2D eigenvalue weighted by molar-refractivity contribution is 6.07. The summed E-state index contributed by atoms with van der Waals surface area (Å²) in [5.74, 6) is -0.101. The number of hydrogen-bond acceptors (Lipinski definition) is 3. The van der Waals surface area contributed by atoms with E-state index in [2.05, 4.69) is 17.2 Å². The average Bonchev–Trinajstić information content (AvgIpc) is 2.44. The van der Waals surface area contributed by atoms with Crippen LogP contribution in [0.25, 0.3) is 0 Å². The highest BCUT2D eigenvalue weighted by Gasteiger charge is 2.36. The third-order valence-electron chi connectivity index (χ3n) is 2.37. The Kier molecular flexibility index (Phi) is 4.25. The van der Waals surface area contributed by atoms with Gasteiger partial charge in [-0.15, -0.1) is 6.58 Å². The van der Waals surface area contributed by atoms with Gasteiger partial charge in [0.25, 0.3) is 0 Å². The van der Waals surface area contributed by atoms with Crippen LogP contribution in [0.1, 0.15) is 20.3 Å². The second kappa shape index (κ2) is 5.47. The van der Waals surface area contributed by atoms with E-state index in [0.717, 1.165) is 0 Å². The first-order valence-electron chi connectivity index (χ1n) is 5.52. The van der Waals surface area contributed by atoms with Gasteiger partial charge in [0.2, 0.25) is 5.91 Å². The largest absolute Gasteiger partial charge is 0.354 e. The molecule has 1 saturated heterocycles. The van der Waals surface area contributed by atoms with Crippen molar-refractivity contribution in [3.05, 3.63) is 12.7 Å². The van der Waals surface area contributed by atoms with Crippen molar-refractivity contribution in [1.82, 2.24) is 15.5 Å². The molecule has 6 heteroatoms. The van der Waals surface area contributed by atoms with Crippen molar-refractivity contribution in [2.75, 3.05) is 6.54 Å². The molecule has 1 heterocycles. The SMILES string of the molecule is C=CCN1C(=O)NC(=N)C1CC(=O)NC(C)C. The summed E-state index contributed by atoms with van der Waals surface area (Å²) in [7, 11) is 0.